The van der Waals surface area contributed by atoms with Crippen molar-refractivity contribution in [3.8, 4) is 0 Å². The van der Waals surface area contributed by atoms with Gasteiger partial charge in [0, 0.05) is 12.4 Å². The SMILES string of the molecule is C=C(O)C(=O)OCC.c1ccncc1. The van der Waals surface area contributed by atoms with Gasteiger partial charge in [0.2, 0.25) is 0 Å². The molecule has 0 saturated carbocycles. The van der Waals surface area contributed by atoms with Crippen LogP contribution in [0.5, 0.6) is 0 Å². The molecule has 0 bridgehead atoms. The molecular weight excluding hydrogens is 182 g/mol. The van der Waals surface area contributed by atoms with E-state index in [1.807, 2.05) is 18.2 Å². The van der Waals surface area contributed by atoms with Crippen LogP contribution in [0.25, 0.3) is 0 Å². The molecule has 0 fully saturated rings. The molecule has 4 heteroatoms. The van der Waals surface area contributed by atoms with Gasteiger partial charge in [-0.25, -0.2) is 4.79 Å². The molecule has 0 radical (unpaired) electrons. The smallest absolute Gasteiger partial charge is 0.372 e. The summed E-state index contributed by atoms with van der Waals surface area (Å²) in [6, 6.07) is 5.72. The maximum absolute atomic E-state index is 10.2. The summed E-state index contributed by atoms with van der Waals surface area (Å²) in [5.41, 5.74) is 0. The van der Waals surface area contributed by atoms with E-state index >= 15 is 0 Å². The molecule has 0 amide bonds. The Labute approximate surface area is 82.9 Å². The van der Waals surface area contributed by atoms with Crippen molar-refractivity contribution in [2.24, 2.45) is 0 Å². The standard InChI is InChI=1S/C5H5N.C5H8O3/c1-2-4-6-5-3-1;1-3-8-5(7)4(2)6/h1-5H;6H,2-3H2,1H3. The Morgan fingerprint density at radius 1 is 1.43 bits per heavy atom. The maximum Gasteiger partial charge on any atom is 0.372 e. The van der Waals surface area contributed by atoms with Crippen LogP contribution in [0, 0.1) is 0 Å². The number of aliphatic hydroxyl groups is 1. The summed E-state index contributed by atoms with van der Waals surface area (Å²) in [6.07, 6.45) is 3.50. The molecule has 0 aliphatic rings. The van der Waals surface area contributed by atoms with Crippen molar-refractivity contribution in [1.29, 1.82) is 0 Å². The van der Waals surface area contributed by atoms with E-state index in [4.69, 9.17) is 5.11 Å². The third-order valence-corrected chi connectivity index (χ3v) is 1.08. The molecule has 1 aromatic rings. The highest BCUT2D eigenvalue weighted by Crippen LogP contribution is 1.85. The Hall–Kier alpha value is -1.84. The molecular formula is C10H13NO3. The Balaban J connectivity index is 0.000000249. The van der Waals surface area contributed by atoms with Crippen LogP contribution in [0.4, 0.5) is 0 Å². The minimum atomic E-state index is -0.757. The second-order valence-electron chi connectivity index (χ2n) is 2.19. The predicted molar refractivity (Wildman–Crippen MR) is 52.6 cm³/mol. The van der Waals surface area contributed by atoms with Gasteiger partial charge in [-0.3, -0.25) is 4.98 Å². The Morgan fingerprint density at radius 3 is 2.14 bits per heavy atom. The van der Waals surface area contributed by atoms with Crippen LogP contribution in [0.1, 0.15) is 6.92 Å². The number of nitrogens with zero attached hydrogens (tertiary/aromatic N) is 1. The second-order valence-corrected chi connectivity index (χ2v) is 2.19. The number of pyridine rings is 1. The van der Waals surface area contributed by atoms with E-state index in [0.717, 1.165) is 0 Å². The lowest BCUT2D eigenvalue weighted by atomic mass is 10.5. The zero-order chi connectivity index (χ0) is 10.8. The van der Waals surface area contributed by atoms with Crippen LogP contribution in [-0.4, -0.2) is 22.7 Å². The second kappa shape index (κ2) is 7.79. The normalized spacial score (nSPS) is 8.07. The van der Waals surface area contributed by atoms with E-state index < -0.39 is 11.7 Å². The number of carbonyl (C=O) groups is 1. The van der Waals surface area contributed by atoms with Crippen molar-refractivity contribution in [3.63, 3.8) is 0 Å². The Morgan fingerprint density at radius 2 is 2.00 bits per heavy atom. The fourth-order valence-corrected chi connectivity index (χ4v) is 0.527. The van der Waals surface area contributed by atoms with Gasteiger partial charge in [0.25, 0.3) is 0 Å². The summed E-state index contributed by atoms with van der Waals surface area (Å²) in [4.78, 5) is 14.0. The summed E-state index contributed by atoms with van der Waals surface area (Å²) < 4.78 is 4.31. The minimum absolute atomic E-state index is 0.262. The van der Waals surface area contributed by atoms with E-state index in [2.05, 4.69) is 16.3 Å². The van der Waals surface area contributed by atoms with E-state index in [9.17, 15) is 4.79 Å². The zero-order valence-corrected chi connectivity index (χ0v) is 8.01. The molecule has 1 rings (SSSR count). The van der Waals surface area contributed by atoms with Crippen LogP contribution < -0.4 is 0 Å². The van der Waals surface area contributed by atoms with Crippen molar-refractivity contribution in [2.75, 3.05) is 6.61 Å². The Kier molecular flexibility index (Phi) is 6.77. The lowest BCUT2D eigenvalue weighted by Crippen LogP contribution is -2.05. The molecule has 1 aromatic heterocycles. The predicted octanol–water partition coefficient (Wildman–Crippen LogP) is 1.70. The van der Waals surface area contributed by atoms with E-state index in [1.165, 1.54) is 0 Å². The van der Waals surface area contributed by atoms with Gasteiger partial charge >= 0.3 is 5.97 Å². The number of aliphatic hydroxyl groups excluding tert-OH is 1. The summed E-state index contributed by atoms with van der Waals surface area (Å²) in [5.74, 6) is -1.31. The molecule has 0 aliphatic carbocycles. The van der Waals surface area contributed by atoms with Crippen LogP contribution in [-0.2, 0) is 9.53 Å². The molecule has 0 spiro atoms. The molecule has 0 unspecified atom stereocenters. The molecule has 4 nitrogen and oxygen atoms in total. The van der Waals surface area contributed by atoms with Crippen LogP contribution in [0.3, 0.4) is 0 Å². The Bertz CT molecular complexity index is 245. The van der Waals surface area contributed by atoms with E-state index in [0.29, 0.717) is 0 Å². The molecule has 0 aromatic carbocycles. The lowest BCUT2D eigenvalue weighted by molar-refractivity contribution is -0.141. The van der Waals surface area contributed by atoms with Crippen LogP contribution >= 0.6 is 0 Å². The quantitative estimate of drug-likeness (QED) is 0.443. The van der Waals surface area contributed by atoms with Gasteiger partial charge in [-0.05, 0) is 25.6 Å². The third kappa shape index (κ3) is 6.84. The van der Waals surface area contributed by atoms with Gasteiger partial charge in [-0.1, -0.05) is 6.07 Å². The molecule has 76 valence electrons. The van der Waals surface area contributed by atoms with Crippen LogP contribution in [0.2, 0.25) is 0 Å². The summed E-state index contributed by atoms with van der Waals surface area (Å²) in [7, 11) is 0. The first-order valence-corrected chi connectivity index (χ1v) is 4.08. The zero-order valence-electron chi connectivity index (χ0n) is 8.01. The first kappa shape index (κ1) is 12.2. The number of esters is 1. The number of ether oxygens (including phenoxy) is 1. The first-order valence-electron chi connectivity index (χ1n) is 4.08. The number of carbonyl (C=O) groups excluding carboxylic acids is 1. The highest BCUT2D eigenvalue weighted by atomic mass is 16.5. The monoisotopic (exact) mass is 195 g/mol. The molecule has 0 atom stereocenters. The van der Waals surface area contributed by atoms with Gasteiger partial charge < -0.3 is 9.84 Å². The highest BCUT2D eigenvalue weighted by Gasteiger charge is 2.01. The van der Waals surface area contributed by atoms with Crippen molar-refractivity contribution in [2.45, 2.75) is 6.92 Å². The van der Waals surface area contributed by atoms with Crippen molar-refractivity contribution >= 4 is 5.97 Å². The average Bonchev–Trinajstić information content (AvgIpc) is 2.21. The molecule has 0 saturated heterocycles. The van der Waals surface area contributed by atoms with Gasteiger partial charge in [-0.2, -0.15) is 0 Å². The summed E-state index contributed by atoms with van der Waals surface area (Å²) in [6.45, 7) is 4.87. The number of aromatic nitrogens is 1. The molecule has 0 aliphatic heterocycles. The molecule has 1 heterocycles. The highest BCUT2D eigenvalue weighted by molar-refractivity contribution is 5.84. The van der Waals surface area contributed by atoms with E-state index in [-0.39, 0.29) is 6.61 Å². The molecule has 1 N–H and O–H groups in total. The van der Waals surface area contributed by atoms with Crippen molar-refractivity contribution in [3.05, 3.63) is 42.9 Å². The minimum Gasteiger partial charge on any atom is -0.502 e. The number of hydrogen-bond acceptors (Lipinski definition) is 4. The molecule has 14 heavy (non-hydrogen) atoms. The average molecular weight is 195 g/mol. The fourth-order valence-electron chi connectivity index (χ4n) is 0.527. The summed E-state index contributed by atoms with van der Waals surface area (Å²) in [5, 5.41) is 8.28. The van der Waals surface area contributed by atoms with Gasteiger partial charge in [0.1, 0.15) is 0 Å². The first-order chi connectivity index (χ1) is 6.68. The van der Waals surface area contributed by atoms with Crippen LogP contribution in [0.15, 0.2) is 42.9 Å². The number of rotatable bonds is 2. The van der Waals surface area contributed by atoms with E-state index in [1.54, 1.807) is 19.3 Å². The van der Waals surface area contributed by atoms with Gasteiger partial charge in [0.15, 0.2) is 5.76 Å². The topological polar surface area (TPSA) is 59.4 Å². The lowest BCUT2D eigenvalue weighted by Gasteiger charge is -1.95. The van der Waals surface area contributed by atoms with Crippen molar-refractivity contribution < 1.29 is 14.6 Å². The third-order valence-electron chi connectivity index (χ3n) is 1.08. The van der Waals surface area contributed by atoms with Crippen molar-refractivity contribution in [1.82, 2.24) is 4.98 Å². The summed E-state index contributed by atoms with van der Waals surface area (Å²) >= 11 is 0. The van der Waals surface area contributed by atoms with Gasteiger partial charge in [0.05, 0.1) is 6.61 Å². The van der Waals surface area contributed by atoms with Gasteiger partial charge in [-0.15, -0.1) is 0 Å². The largest absolute Gasteiger partial charge is 0.502 e. The maximum atomic E-state index is 10.2. The number of hydrogen-bond donors (Lipinski definition) is 1. The fraction of sp³-hybridized carbons (Fsp3) is 0.200.